The van der Waals surface area contributed by atoms with Crippen molar-refractivity contribution in [3.05, 3.63) is 29.8 Å². The fourth-order valence-corrected chi connectivity index (χ4v) is 3.50. The Labute approximate surface area is 145 Å². The summed E-state index contributed by atoms with van der Waals surface area (Å²) in [6.45, 7) is 7.01. The Morgan fingerprint density at radius 3 is 2.29 bits per heavy atom. The van der Waals surface area contributed by atoms with Crippen LogP contribution in [0.2, 0.25) is 0 Å². The highest BCUT2D eigenvalue weighted by molar-refractivity contribution is 7.89. The third-order valence-electron chi connectivity index (χ3n) is 3.71. The lowest BCUT2D eigenvalue weighted by Gasteiger charge is -2.25. The number of hydrogen-bond acceptors (Lipinski definition) is 4. The van der Waals surface area contributed by atoms with Gasteiger partial charge in [-0.15, -0.1) is 0 Å². The van der Waals surface area contributed by atoms with Crippen LogP contribution in [0.3, 0.4) is 0 Å². The second kappa shape index (κ2) is 9.15. The van der Waals surface area contributed by atoms with Crippen molar-refractivity contribution in [1.82, 2.24) is 14.9 Å². The molecule has 0 spiro atoms. The van der Waals surface area contributed by atoms with Gasteiger partial charge in [0.05, 0.1) is 4.90 Å². The molecule has 7 heteroatoms. The Balaban J connectivity index is 2.95. The monoisotopic (exact) mass is 355 g/mol. The van der Waals surface area contributed by atoms with Gasteiger partial charge in [0.15, 0.2) is 0 Å². The zero-order valence-electron chi connectivity index (χ0n) is 15.2. The summed E-state index contributed by atoms with van der Waals surface area (Å²) >= 11 is 0. The van der Waals surface area contributed by atoms with E-state index in [2.05, 4.69) is 10.0 Å². The minimum absolute atomic E-state index is 0.174. The standard InChI is InChI=1S/C17H29N3O3S/c1-13(2)12-16(17(21)20(5)11-10-18-4)19-24(22,23)15-8-6-14(3)7-9-15/h6-9,13,16,18-19H,10-12H2,1-5H3. The molecule has 1 rings (SSSR count). The molecule has 0 aliphatic rings. The molecule has 24 heavy (non-hydrogen) atoms. The van der Waals surface area contributed by atoms with E-state index >= 15 is 0 Å². The van der Waals surface area contributed by atoms with E-state index in [-0.39, 0.29) is 16.7 Å². The van der Waals surface area contributed by atoms with Crippen molar-refractivity contribution >= 4 is 15.9 Å². The molecule has 0 aliphatic heterocycles. The number of nitrogens with zero attached hydrogens (tertiary/aromatic N) is 1. The molecule has 0 bridgehead atoms. The first kappa shape index (κ1) is 20.6. The molecular formula is C17H29N3O3S. The van der Waals surface area contributed by atoms with E-state index in [4.69, 9.17) is 0 Å². The lowest BCUT2D eigenvalue weighted by molar-refractivity contribution is -0.132. The summed E-state index contributed by atoms with van der Waals surface area (Å²) in [6.07, 6.45) is 0.452. The zero-order chi connectivity index (χ0) is 18.3. The van der Waals surface area contributed by atoms with Crippen LogP contribution in [0.4, 0.5) is 0 Å². The molecule has 0 fully saturated rings. The van der Waals surface area contributed by atoms with Crippen molar-refractivity contribution in [3.8, 4) is 0 Å². The number of aryl methyl sites for hydroxylation is 1. The van der Waals surface area contributed by atoms with Crippen LogP contribution in [-0.2, 0) is 14.8 Å². The van der Waals surface area contributed by atoms with Gasteiger partial charge in [-0.1, -0.05) is 31.5 Å². The van der Waals surface area contributed by atoms with Crippen molar-refractivity contribution in [1.29, 1.82) is 0 Å². The quantitative estimate of drug-likeness (QED) is 0.701. The van der Waals surface area contributed by atoms with Gasteiger partial charge in [0, 0.05) is 20.1 Å². The topological polar surface area (TPSA) is 78.5 Å². The molecule has 1 aromatic carbocycles. The molecule has 0 aromatic heterocycles. The van der Waals surface area contributed by atoms with Crippen LogP contribution >= 0.6 is 0 Å². The van der Waals surface area contributed by atoms with Gasteiger partial charge in [-0.25, -0.2) is 8.42 Å². The van der Waals surface area contributed by atoms with Gasteiger partial charge in [-0.3, -0.25) is 4.79 Å². The molecule has 1 amide bonds. The Morgan fingerprint density at radius 2 is 1.79 bits per heavy atom. The van der Waals surface area contributed by atoms with Gasteiger partial charge < -0.3 is 10.2 Å². The molecule has 6 nitrogen and oxygen atoms in total. The average molecular weight is 356 g/mol. The number of hydrogen-bond donors (Lipinski definition) is 2. The van der Waals surface area contributed by atoms with Crippen LogP contribution in [-0.4, -0.2) is 52.5 Å². The van der Waals surface area contributed by atoms with E-state index in [0.717, 1.165) is 5.56 Å². The van der Waals surface area contributed by atoms with Crippen LogP contribution in [0.5, 0.6) is 0 Å². The number of rotatable bonds is 9. The second-order valence-corrected chi connectivity index (χ2v) is 8.19. The van der Waals surface area contributed by atoms with Gasteiger partial charge in [0.1, 0.15) is 6.04 Å². The number of likely N-dealkylation sites (N-methyl/N-ethyl adjacent to an activating group) is 2. The molecule has 136 valence electrons. The molecule has 1 atom stereocenters. The molecule has 1 aromatic rings. The number of carbonyl (C=O) groups is 1. The first-order valence-electron chi connectivity index (χ1n) is 8.16. The molecule has 2 N–H and O–H groups in total. The van der Waals surface area contributed by atoms with Crippen molar-refractivity contribution < 1.29 is 13.2 Å². The highest BCUT2D eigenvalue weighted by Crippen LogP contribution is 2.14. The number of sulfonamides is 1. The Kier molecular flexibility index (Phi) is 7.86. The van der Waals surface area contributed by atoms with E-state index in [1.165, 1.54) is 0 Å². The predicted molar refractivity (Wildman–Crippen MR) is 96.3 cm³/mol. The molecule has 0 saturated carbocycles. The van der Waals surface area contributed by atoms with E-state index in [1.54, 1.807) is 36.2 Å². The van der Waals surface area contributed by atoms with Crippen LogP contribution in [0, 0.1) is 12.8 Å². The first-order valence-corrected chi connectivity index (χ1v) is 9.64. The zero-order valence-corrected chi connectivity index (χ0v) is 16.0. The lowest BCUT2D eigenvalue weighted by atomic mass is 10.0. The average Bonchev–Trinajstić information content (AvgIpc) is 2.51. The van der Waals surface area contributed by atoms with Crippen LogP contribution in [0.1, 0.15) is 25.8 Å². The van der Waals surface area contributed by atoms with Gasteiger partial charge in [0.25, 0.3) is 0 Å². The smallest absolute Gasteiger partial charge is 0.241 e. The highest BCUT2D eigenvalue weighted by atomic mass is 32.2. The Hall–Kier alpha value is -1.44. The first-order chi connectivity index (χ1) is 11.2. The maximum Gasteiger partial charge on any atom is 0.241 e. The maximum atomic E-state index is 12.6. The van der Waals surface area contributed by atoms with Crippen molar-refractivity contribution in [2.75, 3.05) is 27.2 Å². The van der Waals surface area contributed by atoms with Crippen molar-refractivity contribution in [3.63, 3.8) is 0 Å². The third kappa shape index (κ3) is 6.22. The largest absolute Gasteiger partial charge is 0.343 e. The Morgan fingerprint density at radius 1 is 1.21 bits per heavy atom. The van der Waals surface area contributed by atoms with Crippen molar-refractivity contribution in [2.24, 2.45) is 5.92 Å². The van der Waals surface area contributed by atoms with Crippen molar-refractivity contribution in [2.45, 2.75) is 38.1 Å². The summed E-state index contributed by atoms with van der Waals surface area (Å²) in [5.74, 6) is -0.0213. The fraction of sp³-hybridized carbons (Fsp3) is 0.588. The van der Waals surface area contributed by atoms with Gasteiger partial charge >= 0.3 is 0 Å². The number of amides is 1. The SMILES string of the molecule is CNCCN(C)C(=O)C(CC(C)C)NS(=O)(=O)c1ccc(C)cc1. The van der Waals surface area contributed by atoms with E-state index in [0.29, 0.717) is 19.5 Å². The summed E-state index contributed by atoms with van der Waals surface area (Å²) in [7, 11) is -0.237. The van der Waals surface area contributed by atoms with E-state index in [9.17, 15) is 13.2 Å². The molecule has 0 saturated heterocycles. The molecule has 0 heterocycles. The van der Waals surface area contributed by atoms with Crippen LogP contribution in [0.15, 0.2) is 29.2 Å². The molecule has 0 radical (unpaired) electrons. The molecule has 1 unspecified atom stereocenters. The van der Waals surface area contributed by atoms with Gasteiger partial charge in [-0.2, -0.15) is 4.72 Å². The minimum atomic E-state index is -3.73. The highest BCUT2D eigenvalue weighted by Gasteiger charge is 2.28. The number of benzene rings is 1. The number of nitrogens with one attached hydrogen (secondary N) is 2. The summed E-state index contributed by atoms with van der Waals surface area (Å²) in [5, 5.41) is 2.98. The summed E-state index contributed by atoms with van der Waals surface area (Å²) in [4.78, 5) is 14.3. The predicted octanol–water partition coefficient (Wildman–Crippen LogP) is 1.37. The number of carbonyl (C=O) groups excluding carboxylic acids is 1. The fourth-order valence-electron chi connectivity index (χ4n) is 2.30. The van der Waals surface area contributed by atoms with Gasteiger partial charge in [0.2, 0.25) is 15.9 Å². The van der Waals surface area contributed by atoms with E-state index in [1.807, 2.05) is 27.8 Å². The Bertz CT molecular complexity index is 627. The van der Waals surface area contributed by atoms with Crippen LogP contribution < -0.4 is 10.0 Å². The summed E-state index contributed by atoms with van der Waals surface area (Å²) in [5.41, 5.74) is 0.982. The minimum Gasteiger partial charge on any atom is -0.343 e. The summed E-state index contributed by atoms with van der Waals surface area (Å²) < 4.78 is 27.7. The second-order valence-electron chi connectivity index (χ2n) is 6.48. The third-order valence-corrected chi connectivity index (χ3v) is 5.19. The lowest BCUT2D eigenvalue weighted by Crippen LogP contribution is -2.49. The summed E-state index contributed by atoms with van der Waals surface area (Å²) in [6, 6.07) is 5.83. The van der Waals surface area contributed by atoms with E-state index < -0.39 is 16.1 Å². The molecule has 0 aliphatic carbocycles. The van der Waals surface area contributed by atoms with Crippen LogP contribution in [0.25, 0.3) is 0 Å². The van der Waals surface area contributed by atoms with Gasteiger partial charge in [-0.05, 0) is 38.4 Å². The molecular weight excluding hydrogens is 326 g/mol. The normalized spacial score (nSPS) is 13.1. The maximum absolute atomic E-state index is 12.6.